The molecule has 0 spiro atoms. The highest BCUT2D eigenvalue weighted by Gasteiger charge is 2.10. The van der Waals surface area contributed by atoms with Gasteiger partial charge in [-0.15, -0.1) is 0 Å². The molecule has 0 aliphatic heterocycles. The second kappa shape index (κ2) is 5.48. The van der Waals surface area contributed by atoms with Crippen molar-refractivity contribution in [1.29, 1.82) is 0 Å². The molecule has 3 rings (SSSR count). The van der Waals surface area contributed by atoms with E-state index in [1.54, 1.807) is 12.1 Å². The van der Waals surface area contributed by atoms with Crippen LogP contribution in [0, 0.1) is 5.82 Å². The van der Waals surface area contributed by atoms with E-state index in [1.165, 1.54) is 12.1 Å². The first-order valence-electron chi connectivity index (χ1n) is 6.94. The minimum Gasteiger partial charge on any atom is -0.487 e. The molecule has 0 saturated heterocycles. The quantitative estimate of drug-likeness (QED) is 0.737. The topological polar surface area (TPSA) is 40.2 Å². The molecular weight excluding hydrogens is 267 g/mol. The predicted octanol–water partition coefficient (Wildman–Crippen LogP) is 3.96. The zero-order valence-corrected chi connectivity index (χ0v) is 11.8. The van der Waals surface area contributed by atoms with Crippen LogP contribution < -0.4 is 10.5 Å². The van der Waals surface area contributed by atoms with Gasteiger partial charge in [0.2, 0.25) is 0 Å². The SMILES string of the molecule is CCn1c(COc2cccc(F)c2)cc2cccc(N)c21. The molecule has 3 aromatic rings. The third-order valence-corrected chi connectivity index (χ3v) is 3.54. The van der Waals surface area contributed by atoms with Gasteiger partial charge in [-0.1, -0.05) is 18.2 Å². The standard InChI is InChI=1S/C17H17FN2O/c1-2-20-14(9-12-5-3-8-16(19)17(12)20)11-21-15-7-4-6-13(18)10-15/h3-10H,2,11,19H2,1H3. The van der Waals surface area contributed by atoms with Gasteiger partial charge in [-0.25, -0.2) is 4.39 Å². The summed E-state index contributed by atoms with van der Waals surface area (Å²) in [4.78, 5) is 0. The summed E-state index contributed by atoms with van der Waals surface area (Å²) >= 11 is 0. The first kappa shape index (κ1) is 13.5. The Hall–Kier alpha value is -2.49. The fourth-order valence-corrected chi connectivity index (χ4v) is 2.60. The van der Waals surface area contributed by atoms with Crippen LogP contribution in [0.3, 0.4) is 0 Å². The van der Waals surface area contributed by atoms with Crippen LogP contribution in [0.25, 0.3) is 10.9 Å². The van der Waals surface area contributed by atoms with E-state index >= 15 is 0 Å². The van der Waals surface area contributed by atoms with Crippen LogP contribution in [0.5, 0.6) is 5.75 Å². The summed E-state index contributed by atoms with van der Waals surface area (Å²) in [6.07, 6.45) is 0. The zero-order chi connectivity index (χ0) is 14.8. The molecule has 0 aliphatic carbocycles. The zero-order valence-electron chi connectivity index (χ0n) is 11.8. The molecule has 0 aliphatic rings. The summed E-state index contributed by atoms with van der Waals surface area (Å²) in [7, 11) is 0. The number of nitrogen functional groups attached to an aromatic ring is 1. The van der Waals surface area contributed by atoms with Crippen LogP contribution in [-0.4, -0.2) is 4.57 Å². The van der Waals surface area contributed by atoms with Gasteiger partial charge in [0.1, 0.15) is 18.2 Å². The molecule has 2 N–H and O–H groups in total. The van der Waals surface area contributed by atoms with E-state index < -0.39 is 0 Å². The monoisotopic (exact) mass is 284 g/mol. The highest BCUT2D eigenvalue weighted by Crippen LogP contribution is 2.26. The molecule has 2 aromatic carbocycles. The maximum atomic E-state index is 13.2. The number of benzene rings is 2. The van der Waals surface area contributed by atoms with Gasteiger partial charge in [0.15, 0.2) is 0 Å². The second-order valence-electron chi connectivity index (χ2n) is 4.91. The maximum absolute atomic E-state index is 13.2. The van der Waals surface area contributed by atoms with Crippen molar-refractivity contribution in [2.45, 2.75) is 20.1 Å². The molecule has 0 saturated carbocycles. The van der Waals surface area contributed by atoms with Crippen molar-refractivity contribution >= 4 is 16.6 Å². The number of nitrogens with two attached hydrogens (primary N) is 1. The Kier molecular flexibility index (Phi) is 3.52. The summed E-state index contributed by atoms with van der Waals surface area (Å²) in [6.45, 7) is 3.25. The van der Waals surface area contributed by atoms with Crippen LogP contribution >= 0.6 is 0 Å². The lowest BCUT2D eigenvalue weighted by atomic mass is 10.2. The average Bonchev–Trinajstić information content (AvgIpc) is 2.84. The molecular formula is C17H17FN2O. The van der Waals surface area contributed by atoms with E-state index in [-0.39, 0.29) is 5.82 Å². The fraction of sp³-hybridized carbons (Fsp3) is 0.176. The van der Waals surface area contributed by atoms with E-state index in [1.807, 2.05) is 18.2 Å². The van der Waals surface area contributed by atoms with Crippen LogP contribution in [0.1, 0.15) is 12.6 Å². The maximum Gasteiger partial charge on any atom is 0.128 e. The van der Waals surface area contributed by atoms with Gasteiger partial charge in [0.25, 0.3) is 0 Å². The summed E-state index contributed by atoms with van der Waals surface area (Å²) in [5.41, 5.74) is 8.87. The summed E-state index contributed by atoms with van der Waals surface area (Å²) in [5, 5.41) is 1.09. The van der Waals surface area contributed by atoms with Crippen LogP contribution in [-0.2, 0) is 13.2 Å². The molecule has 0 unspecified atom stereocenters. The normalized spacial score (nSPS) is 11.0. The van der Waals surface area contributed by atoms with Crippen molar-refractivity contribution in [3.05, 3.63) is 60.0 Å². The Morgan fingerprint density at radius 2 is 1.95 bits per heavy atom. The molecule has 0 amide bonds. The number of halogens is 1. The lowest BCUT2D eigenvalue weighted by Crippen LogP contribution is -2.05. The van der Waals surface area contributed by atoms with Crippen LogP contribution in [0.2, 0.25) is 0 Å². The smallest absolute Gasteiger partial charge is 0.128 e. The molecule has 1 heterocycles. The number of nitrogens with zero attached hydrogens (tertiary/aromatic N) is 1. The summed E-state index contributed by atoms with van der Waals surface area (Å²) < 4.78 is 21.0. The van der Waals surface area contributed by atoms with E-state index in [9.17, 15) is 4.39 Å². The van der Waals surface area contributed by atoms with Gasteiger partial charge in [-0.3, -0.25) is 0 Å². The van der Waals surface area contributed by atoms with Gasteiger partial charge in [-0.05, 0) is 31.2 Å². The lowest BCUT2D eigenvalue weighted by molar-refractivity contribution is 0.294. The lowest BCUT2D eigenvalue weighted by Gasteiger charge is -2.10. The highest BCUT2D eigenvalue weighted by atomic mass is 19.1. The molecule has 4 heteroatoms. The van der Waals surface area contributed by atoms with E-state index in [0.717, 1.165) is 28.8 Å². The van der Waals surface area contributed by atoms with Crippen LogP contribution in [0.4, 0.5) is 10.1 Å². The van der Waals surface area contributed by atoms with Crippen molar-refractivity contribution in [2.24, 2.45) is 0 Å². The number of para-hydroxylation sites is 1. The minimum atomic E-state index is -0.298. The van der Waals surface area contributed by atoms with E-state index in [0.29, 0.717) is 12.4 Å². The van der Waals surface area contributed by atoms with Gasteiger partial charge in [0, 0.05) is 18.0 Å². The van der Waals surface area contributed by atoms with Crippen molar-refractivity contribution in [1.82, 2.24) is 4.57 Å². The Morgan fingerprint density at radius 3 is 2.71 bits per heavy atom. The van der Waals surface area contributed by atoms with Crippen LogP contribution in [0.15, 0.2) is 48.5 Å². The fourth-order valence-electron chi connectivity index (χ4n) is 2.60. The van der Waals surface area contributed by atoms with E-state index in [2.05, 4.69) is 17.6 Å². The van der Waals surface area contributed by atoms with Crippen molar-refractivity contribution in [3.63, 3.8) is 0 Å². The van der Waals surface area contributed by atoms with E-state index in [4.69, 9.17) is 10.5 Å². The number of aromatic nitrogens is 1. The highest BCUT2D eigenvalue weighted by molar-refractivity contribution is 5.91. The van der Waals surface area contributed by atoms with Crippen molar-refractivity contribution < 1.29 is 9.13 Å². The first-order chi connectivity index (χ1) is 10.2. The van der Waals surface area contributed by atoms with Gasteiger partial charge < -0.3 is 15.0 Å². The largest absolute Gasteiger partial charge is 0.487 e. The molecule has 0 bridgehead atoms. The Bertz CT molecular complexity index is 780. The Morgan fingerprint density at radius 1 is 1.14 bits per heavy atom. The van der Waals surface area contributed by atoms with Gasteiger partial charge in [-0.2, -0.15) is 0 Å². The number of anilines is 1. The number of aryl methyl sites for hydroxylation is 1. The van der Waals surface area contributed by atoms with Crippen molar-refractivity contribution in [2.75, 3.05) is 5.73 Å². The van der Waals surface area contributed by atoms with Gasteiger partial charge >= 0.3 is 0 Å². The van der Waals surface area contributed by atoms with Gasteiger partial charge in [0.05, 0.1) is 16.9 Å². The molecule has 0 fully saturated rings. The molecule has 3 nitrogen and oxygen atoms in total. The van der Waals surface area contributed by atoms with Crippen molar-refractivity contribution in [3.8, 4) is 5.75 Å². The number of fused-ring (bicyclic) bond motifs is 1. The second-order valence-corrected chi connectivity index (χ2v) is 4.91. The minimum absolute atomic E-state index is 0.298. The Labute approximate surface area is 122 Å². The Balaban J connectivity index is 1.92. The number of hydrogen-bond acceptors (Lipinski definition) is 2. The number of rotatable bonds is 4. The molecule has 0 atom stereocenters. The molecule has 21 heavy (non-hydrogen) atoms. The predicted molar refractivity (Wildman–Crippen MR) is 82.8 cm³/mol. The summed E-state index contributed by atoms with van der Waals surface area (Å²) in [5.74, 6) is 0.226. The third kappa shape index (κ3) is 2.57. The molecule has 1 aromatic heterocycles. The number of hydrogen-bond donors (Lipinski definition) is 1. The number of ether oxygens (including phenoxy) is 1. The molecule has 108 valence electrons. The average molecular weight is 284 g/mol. The first-order valence-corrected chi connectivity index (χ1v) is 6.94. The molecule has 0 radical (unpaired) electrons. The third-order valence-electron chi connectivity index (χ3n) is 3.54. The summed E-state index contributed by atoms with van der Waals surface area (Å²) in [6, 6.07) is 14.1.